The second-order valence-corrected chi connectivity index (χ2v) is 7.04. The molecule has 11 heteroatoms. The van der Waals surface area contributed by atoms with E-state index < -0.39 is 17.5 Å². The summed E-state index contributed by atoms with van der Waals surface area (Å²) < 4.78 is 45.7. The molecular formula is C19H18F3N5O3. The summed E-state index contributed by atoms with van der Waals surface area (Å²) in [6.07, 6.45) is -2.27. The Hall–Kier alpha value is -3.37. The number of hydrogen-bond acceptors (Lipinski definition) is 6. The molecule has 1 saturated heterocycles. The van der Waals surface area contributed by atoms with E-state index in [1.165, 1.54) is 13.1 Å². The maximum Gasteiger partial charge on any atom is 0.416 e. The van der Waals surface area contributed by atoms with Gasteiger partial charge in [0.25, 0.3) is 0 Å². The molecule has 0 radical (unpaired) electrons. The maximum atomic E-state index is 12.9. The molecule has 1 aliphatic heterocycles. The topological polar surface area (TPSA) is 93.4 Å². The third-order valence-electron chi connectivity index (χ3n) is 4.90. The quantitative estimate of drug-likeness (QED) is 0.694. The van der Waals surface area contributed by atoms with Crippen molar-refractivity contribution in [2.24, 2.45) is 0 Å². The Kier molecular flexibility index (Phi) is 4.75. The van der Waals surface area contributed by atoms with Crippen molar-refractivity contribution in [3.05, 3.63) is 35.7 Å². The summed E-state index contributed by atoms with van der Waals surface area (Å²) >= 11 is 0. The van der Waals surface area contributed by atoms with Crippen LogP contribution in [0.2, 0.25) is 0 Å². The van der Waals surface area contributed by atoms with E-state index in [1.807, 2.05) is 6.92 Å². The fraction of sp³-hybridized carbons (Fsp3) is 0.368. The minimum Gasteiger partial charge on any atom is -0.507 e. The third kappa shape index (κ3) is 3.62. The number of aromatic nitrogens is 4. The first kappa shape index (κ1) is 19.9. The van der Waals surface area contributed by atoms with Gasteiger partial charge in [-0.05, 0) is 31.5 Å². The van der Waals surface area contributed by atoms with Crippen LogP contribution in [0.15, 0.2) is 24.5 Å². The summed E-state index contributed by atoms with van der Waals surface area (Å²) in [7, 11) is 0. The van der Waals surface area contributed by atoms with Crippen molar-refractivity contribution in [2.75, 3.05) is 13.1 Å². The number of phenolic OH excluding ortho intramolecular Hbond substituents is 1. The number of nitrogens with zero attached hydrogens (tertiary/aromatic N) is 5. The van der Waals surface area contributed by atoms with Crippen molar-refractivity contribution in [1.82, 2.24) is 24.6 Å². The van der Waals surface area contributed by atoms with Gasteiger partial charge in [0.15, 0.2) is 5.65 Å². The van der Waals surface area contributed by atoms with Gasteiger partial charge in [-0.1, -0.05) is 0 Å². The Morgan fingerprint density at radius 3 is 2.73 bits per heavy atom. The second kappa shape index (κ2) is 7.15. The number of fused-ring (bicyclic) bond motifs is 1. The van der Waals surface area contributed by atoms with E-state index in [1.54, 1.807) is 15.8 Å². The van der Waals surface area contributed by atoms with Crippen molar-refractivity contribution in [1.29, 1.82) is 0 Å². The molecule has 1 N–H and O–H groups in total. The second-order valence-electron chi connectivity index (χ2n) is 7.04. The highest BCUT2D eigenvalue weighted by Crippen LogP contribution is 2.38. The van der Waals surface area contributed by atoms with Crippen molar-refractivity contribution in [3.8, 4) is 17.0 Å². The number of hydrogen-bond donors (Lipinski definition) is 1. The minimum atomic E-state index is -4.56. The zero-order chi connectivity index (χ0) is 21.6. The summed E-state index contributed by atoms with van der Waals surface area (Å²) in [4.78, 5) is 21.9. The fourth-order valence-electron chi connectivity index (χ4n) is 3.46. The van der Waals surface area contributed by atoms with Gasteiger partial charge in [0, 0.05) is 12.1 Å². The largest absolute Gasteiger partial charge is 0.507 e. The highest BCUT2D eigenvalue weighted by molar-refractivity contribution is 5.77. The van der Waals surface area contributed by atoms with Crippen LogP contribution in [0.25, 0.3) is 22.4 Å². The SMILES string of the molecule is CCN1C[C@H](Cn2cc3ncc(-c4c(C)cc(C(F)(F)F)cc4O)nc3n2)OC1=O. The van der Waals surface area contributed by atoms with E-state index in [0.29, 0.717) is 31.2 Å². The molecule has 30 heavy (non-hydrogen) atoms. The molecule has 0 saturated carbocycles. The number of cyclic esters (lactones) is 1. The number of aryl methyl sites for hydroxylation is 1. The molecule has 0 bridgehead atoms. The molecule has 3 aromatic rings. The standard InChI is InChI=1S/C19H18F3N5O3/c1-3-26-7-12(30-18(26)29)8-27-9-14-17(25-27)24-13(6-23-14)16-10(2)4-11(5-15(16)28)19(20,21)22/h4-6,9,12,28H,3,7-8H2,1-2H3/t12-/m1/s1. The molecule has 1 fully saturated rings. The Balaban J connectivity index is 1.63. The normalized spacial score (nSPS) is 17.0. The van der Waals surface area contributed by atoms with Gasteiger partial charge in [-0.25, -0.2) is 14.8 Å². The molecule has 1 amide bonds. The molecule has 1 aromatic carbocycles. The van der Waals surface area contributed by atoms with Gasteiger partial charge < -0.3 is 14.7 Å². The van der Waals surface area contributed by atoms with Gasteiger partial charge in [-0.15, -0.1) is 0 Å². The molecule has 0 unspecified atom stereocenters. The minimum absolute atomic E-state index is 0.162. The molecule has 158 valence electrons. The van der Waals surface area contributed by atoms with E-state index in [2.05, 4.69) is 15.1 Å². The van der Waals surface area contributed by atoms with Crippen LogP contribution in [0, 0.1) is 6.92 Å². The maximum absolute atomic E-state index is 12.9. The molecule has 1 atom stereocenters. The first-order valence-corrected chi connectivity index (χ1v) is 9.22. The lowest BCUT2D eigenvalue weighted by Gasteiger charge is -2.12. The number of halogens is 3. The predicted octanol–water partition coefficient (Wildman–Crippen LogP) is 3.37. The van der Waals surface area contributed by atoms with Crippen LogP contribution in [-0.2, 0) is 17.5 Å². The van der Waals surface area contributed by atoms with Crippen LogP contribution in [0.1, 0.15) is 18.1 Å². The third-order valence-corrected chi connectivity index (χ3v) is 4.90. The number of benzene rings is 1. The van der Waals surface area contributed by atoms with Gasteiger partial charge >= 0.3 is 12.3 Å². The van der Waals surface area contributed by atoms with Crippen LogP contribution in [0.5, 0.6) is 5.75 Å². The van der Waals surface area contributed by atoms with E-state index in [4.69, 9.17) is 4.74 Å². The lowest BCUT2D eigenvalue weighted by Crippen LogP contribution is -2.25. The van der Waals surface area contributed by atoms with E-state index in [-0.39, 0.29) is 34.7 Å². The van der Waals surface area contributed by atoms with E-state index in [9.17, 15) is 23.1 Å². The van der Waals surface area contributed by atoms with Gasteiger partial charge in [0.1, 0.15) is 17.4 Å². The van der Waals surface area contributed by atoms with Gasteiger partial charge in [0.2, 0.25) is 0 Å². The lowest BCUT2D eigenvalue weighted by atomic mass is 10.0. The van der Waals surface area contributed by atoms with E-state index >= 15 is 0 Å². The molecule has 0 spiro atoms. The van der Waals surface area contributed by atoms with Gasteiger partial charge in [-0.2, -0.15) is 18.3 Å². The van der Waals surface area contributed by atoms with Crippen LogP contribution in [-0.4, -0.2) is 55.0 Å². The molecule has 0 aliphatic carbocycles. The zero-order valence-corrected chi connectivity index (χ0v) is 16.1. The summed E-state index contributed by atoms with van der Waals surface area (Å²) in [6, 6.07) is 1.62. The molecule has 3 heterocycles. The van der Waals surface area contributed by atoms with Crippen LogP contribution >= 0.6 is 0 Å². The van der Waals surface area contributed by atoms with Crippen molar-refractivity contribution < 1.29 is 27.8 Å². The Labute approximate surface area is 168 Å². The van der Waals surface area contributed by atoms with Crippen LogP contribution in [0.4, 0.5) is 18.0 Å². The zero-order valence-electron chi connectivity index (χ0n) is 16.1. The number of phenols is 1. The van der Waals surface area contributed by atoms with Crippen LogP contribution < -0.4 is 0 Å². The Morgan fingerprint density at radius 1 is 1.33 bits per heavy atom. The number of amides is 1. The predicted molar refractivity (Wildman–Crippen MR) is 99.7 cm³/mol. The Morgan fingerprint density at radius 2 is 2.10 bits per heavy atom. The first-order valence-electron chi connectivity index (χ1n) is 9.22. The summed E-state index contributed by atoms with van der Waals surface area (Å²) in [5.41, 5.74) is 0.387. The van der Waals surface area contributed by atoms with Crippen molar-refractivity contribution in [3.63, 3.8) is 0 Å². The van der Waals surface area contributed by atoms with Gasteiger partial charge in [0.05, 0.1) is 36.7 Å². The number of rotatable bonds is 4. The highest BCUT2D eigenvalue weighted by Gasteiger charge is 2.32. The molecular weight excluding hydrogens is 403 g/mol. The summed E-state index contributed by atoms with van der Waals surface area (Å²) in [6.45, 7) is 4.65. The first-order chi connectivity index (χ1) is 14.2. The number of carbonyl (C=O) groups is 1. The monoisotopic (exact) mass is 421 g/mol. The Bertz CT molecular complexity index is 1110. The number of likely N-dealkylation sites (N-methyl/N-ethyl adjacent to an activating group) is 1. The average Bonchev–Trinajstić information content (AvgIpc) is 3.22. The van der Waals surface area contributed by atoms with Crippen LogP contribution in [0.3, 0.4) is 0 Å². The molecule has 2 aromatic heterocycles. The number of carbonyl (C=O) groups excluding carboxylic acids is 1. The molecule has 1 aliphatic rings. The summed E-state index contributed by atoms with van der Waals surface area (Å²) in [5.74, 6) is -0.534. The molecule has 4 rings (SSSR count). The van der Waals surface area contributed by atoms with Gasteiger partial charge in [-0.3, -0.25) is 4.68 Å². The lowest BCUT2D eigenvalue weighted by molar-refractivity contribution is -0.137. The number of alkyl halides is 3. The van der Waals surface area contributed by atoms with Crippen molar-refractivity contribution in [2.45, 2.75) is 32.7 Å². The van der Waals surface area contributed by atoms with Crippen molar-refractivity contribution >= 4 is 17.3 Å². The smallest absolute Gasteiger partial charge is 0.416 e. The van der Waals surface area contributed by atoms with E-state index in [0.717, 1.165) is 6.07 Å². The average molecular weight is 421 g/mol. The number of aromatic hydroxyl groups is 1. The highest BCUT2D eigenvalue weighted by atomic mass is 19.4. The summed E-state index contributed by atoms with van der Waals surface area (Å²) in [5, 5.41) is 14.5. The fourth-order valence-corrected chi connectivity index (χ4v) is 3.46. The number of ether oxygens (including phenoxy) is 1. The molecule has 8 nitrogen and oxygen atoms in total.